The average Bonchev–Trinajstić information content (AvgIpc) is 2.63. The number of ketones is 1. The third-order valence-electron chi connectivity index (χ3n) is 2.77. The molecule has 0 fully saturated rings. The molecule has 0 atom stereocenters. The van der Waals surface area contributed by atoms with Crippen molar-refractivity contribution in [3.63, 3.8) is 0 Å². The molecule has 0 radical (unpaired) electrons. The van der Waals surface area contributed by atoms with Gasteiger partial charge in [-0.1, -0.05) is 0 Å². The van der Waals surface area contributed by atoms with E-state index in [2.05, 4.69) is 5.10 Å². The highest BCUT2D eigenvalue weighted by atomic mass is 16.4. The summed E-state index contributed by atoms with van der Waals surface area (Å²) in [7, 11) is 1.77. The Morgan fingerprint density at radius 2 is 2.15 bits per heavy atom. The summed E-state index contributed by atoms with van der Waals surface area (Å²) < 4.78 is 6.43. The highest BCUT2D eigenvalue weighted by Crippen LogP contribution is 2.16. The molecule has 2 rings (SSSR count). The minimum atomic E-state index is -0.847. The Hall–Kier alpha value is -2.63. The van der Waals surface area contributed by atoms with Crippen molar-refractivity contribution in [2.45, 2.75) is 13.8 Å². The van der Waals surface area contributed by atoms with Gasteiger partial charge in [0.15, 0.2) is 5.78 Å². The van der Waals surface area contributed by atoms with E-state index in [-0.39, 0.29) is 17.1 Å². The first kappa shape index (κ1) is 13.8. The fourth-order valence-electron chi connectivity index (χ4n) is 1.85. The fourth-order valence-corrected chi connectivity index (χ4v) is 1.85. The van der Waals surface area contributed by atoms with E-state index in [0.29, 0.717) is 0 Å². The maximum Gasteiger partial charge on any atom is 0.351 e. The van der Waals surface area contributed by atoms with Crippen LogP contribution in [0, 0.1) is 13.8 Å². The van der Waals surface area contributed by atoms with Crippen LogP contribution in [0.1, 0.15) is 27.4 Å². The first-order valence-electron chi connectivity index (χ1n) is 5.95. The summed E-state index contributed by atoms with van der Waals surface area (Å²) in [5, 5.41) is 13.8. The number of allylic oxidation sites excluding steroid dienone is 1. The lowest BCUT2D eigenvalue weighted by Gasteiger charge is -1.99. The molecule has 0 saturated carbocycles. The Labute approximate surface area is 115 Å². The van der Waals surface area contributed by atoms with Gasteiger partial charge in [-0.15, -0.1) is 0 Å². The van der Waals surface area contributed by atoms with Gasteiger partial charge in [0.05, 0.1) is 5.69 Å². The van der Waals surface area contributed by atoms with E-state index < -0.39 is 11.4 Å². The molecule has 0 spiro atoms. The van der Waals surface area contributed by atoms with E-state index in [0.717, 1.165) is 11.3 Å². The molecule has 0 unspecified atom stereocenters. The maximum atomic E-state index is 12.0. The lowest BCUT2D eigenvalue weighted by Crippen LogP contribution is -2.12. The summed E-state index contributed by atoms with van der Waals surface area (Å²) in [6.45, 7) is 3.33. The molecular weight excluding hydrogens is 260 g/mol. The summed E-state index contributed by atoms with van der Waals surface area (Å²) in [5.74, 6) is -0.744. The Morgan fingerprint density at radius 3 is 2.70 bits per heavy atom. The molecule has 104 valence electrons. The molecule has 0 aromatic carbocycles. The normalized spacial score (nSPS) is 11.2. The van der Waals surface area contributed by atoms with Crippen LogP contribution in [0.15, 0.2) is 27.6 Å². The van der Waals surface area contributed by atoms with Gasteiger partial charge >= 0.3 is 5.63 Å². The summed E-state index contributed by atoms with van der Waals surface area (Å²) in [6, 6.07) is 1.23. The molecule has 0 bridgehead atoms. The summed E-state index contributed by atoms with van der Waals surface area (Å²) in [5.41, 5.74) is 0.307. The summed E-state index contributed by atoms with van der Waals surface area (Å²) in [6.07, 6.45) is 4.51. The number of aryl methyl sites for hydroxylation is 3. The van der Waals surface area contributed by atoms with Crippen molar-refractivity contribution < 1.29 is 14.3 Å². The van der Waals surface area contributed by atoms with Crippen LogP contribution in [0.3, 0.4) is 0 Å². The lowest BCUT2D eigenvalue weighted by atomic mass is 10.1. The molecule has 2 aromatic heterocycles. The van der Waals surface area contributed by atoms with Crippen LogP contribution >= 0.6 is 0 Å². The molecular formula is C14H14N2O4. The molecule has 1 N–H and O–H groups in total. The van der Waals surface area contributed by atoms with Crippen LogP contribution in [0.2, 0.25) is 0 Å². The zero-order valence-electron chi connectivity index (χ0n) is 11.4. The number of nitrogens with zero attached hydrogens (tertiary/aromatic N) is 2. The van der Waals surface area contributed by atoms with Gasteiger partial charge in [-0.3, -0.25) is 9.48 Å². The molecule has 0 saturated heterocycles. The molecule has 0 aliphatic rings. The number of aromatic hydroxyl groups is 1. The van der Waals surface area contributed by atoms with Crippen molar-refractivity contribution in [2.24, 2.45) is 7.05 Å². The Bertz CT molecular complexity index is 753. The molecule has 0 aliphatic carbocycles. The predicted molar refractivity (Wildman–Crippen MR) is 72.7 cm³/mol. The number of carbonyl (C=O) groups is 1. The Kier molecular flexibility index (Phi) is 3.56. The van der Waals surface area contributed by atoms with Crippen LogP contribution in [-0.2, 0) is 7.05 Å². The van der Waals surface area contributed by atoms with Crippen LogP contribution in [0.25, 0.3) is 6.08 Å². The third-order valence-corrected chi connectivity index (χ3v) is 2.77. The predicted octanol–water partition coefficient (Wildman–Crippen LogP) is 1.59. The maximum absolute atomic E-state index is 12.0. The van der Waals surface area contributed by atoms with Gasteiger partial charge in [-0.2, -0.15) is 5.10 Å². The van der Waals surface area contributed by atoms with Crippen LogP contribution in [-0.4, -0.2) is 20.7 Å². The number of carbonyl (C=O) groups excluding carboxylic acids is 1. The highest BCUT2D eigenvalue weighted by Gasteiger charge is 2.16. The first-order chi connectivity index (χ1) is 9.38. The minimum Gasteiger partial charge on any atom is -0.507 e. The molecule has 0 aliphatic heterocycles. The quantitative estimate of drug-likeness (QED) is 0.678. The van der Waals surface area contributed by atoms with E-state index in [1.165, 1.54) is 19.1 Å². The second-order valence-corrected chi connectivity index (χ2v) is 4.45. The van der Waals surface area contributed by atoms with Crippen LogP contribution < -0.4 is 5.63 Å². The monoisotopic (exact) mass is 274 g/mol. The summed E-state index contributed by atoms with van der Waals surface area (Å²) in [4.78, 5) is 23.5. The van der Waals surface area contributed by atoms with Crippen molar-refractivity contribution in [3.8, 4) is 5.75 Å². The van der Waals surface area contributed by atoms with Crippen molar-refractivity contribution >= 4 is 11.9 Å². The molecule has 0 amide bonds. The Morgan fingerprint density at radius 1 is 1.45 bits per heavy atom. The first-order valence-corrected chi connectivity index (χ1v) is 5.95. The third kappa shape index (κ3) is 2.69. The number of hydrogen-bond donors (Lipinski definition) is 1. The molecule has 6 heteroatoms. The van der Waals surface area contributed by atoms with Gasteiger partial charge in [0.2, 0.25) is 0 Å². The number of aromatic nitrogens is 2. The zero-order valence-corrected chi connectivity index (χ0v) is 11.4. The largest absolute Gasteiger partial charge is 0.507 e. The van der Waals surface area contributed by atoms with Gasteiger partial charge in [-0.05, 0) is 26.0 Å². The van der Waals surface area contributed by atoms with Crippen molar-refractivity contribution in [1.29, 1.82) is 0 Å². The van der Waals surface area contributed by atoms with E-state index >= 15 is 0 Å². The standard InChI is InChI=1S/C14H14N2O4/c1-8-6-12(18)13(14(19)20-8)11(17)5-4-10-7-16(3)15-9(10)2/h4-7,18H,1-3H3/b5-4+. The van der Waals surface area contributed by atoms with E-state index in [9.17, 15) is 14.7 Å². The average molecular weight is 274 g/mol. The minimum absolute atomic E-state index is 0.246. The van der Waals surface area contributed by atoms with Crippen molar-refractivity contribution in [2.75, 3.05) is 0 Å². The van der Waals surface area contributed by atoms with Gasteiger partial charge in [0, 0.05) is 24.9 Å². The zero-order chi connectivity index (χ0) is 14.9. The fraction of sp³-hybridized carbons (Fsp3) is 0.214. The SMILES string of the molecule is Cc1cc(O)c(C(=O)/C=C/c2cn(C)nc2C)c(=O)o1. The van der Waals surface area contributed by atoms with E-state index in [1.54, 1.807) is 24.0 Å². The molecule has 2 aromatic rings. The highest BCUT2D eigenvalue weighted by molar-refractivity contribution is 6.08. The van der Waals surface area contributed by atoms with Gasteiger partial charge in [0.25, 0.3) is 0 Å². The van der Waals surface area contributed by atoms with Crippen LogP contribution in [0.4, 0.5) is 0 Å². The topological polar surface area (TPSA) is 85.3 Å². The van der Waals surface area contributed by atoms with Crippen molar-refractivity contribution in [1.82, 2.24) is 9.78 Å². The van der Waals surface area contributed by atoms with Crippen LogP contribution in [0.5, 0.6) is 5.75 Å². The second-order valence-electron chi connectivity index (χ2n) is 4.45. The summed E-state index contributed by atoms with van der Waals surface area (Å²) >= 11 is 0. The van der Waals surface area contributed by atoms with E-state index in [1.807, 2.05) is 6.92 Å². The lowest BCUT2D eigenvalue weighted by molar-refractivity contribution is 0.104. The smallest absolute Gasteiger partial charge is 0.351 e. The van der Waals surface area contributed by atoms with Gasteiger partial charge in [-0.25, -0.2) is 4.79 Å². The van der Waals surface area contributed by atoms with Crippen molar-refractivity contribution in [3.05, 3.63) is 51.3 Å². The van der Waals surface area contributed by atoms with Gasteiger partial charge < -0.3 is 9.52 Å². The molecule has 6 nitrogen and oxygen atoms in total. The van der Waals surface area contributed by atoms with Gasteiger partial charge in [0.1, 0.15) is 17.1 Å². The number of hydrogen-bond acceptors (Lipinski definition) is 5. The number of rotatable bonds is 3. The molecule has 20 heavy (non-hydrogen) atoms. The molecule has 2 heterocycles. The second kappa shape index (κ2) is 5.16. The Balaban J connectivity index is 2.34. The van der Waals surface area contributed by atoms with E-state index in [4.69, 9.17) is 4.42 Å².